The largest absolute Gasteiger partial charge is 0.468 e. The zero-order chi connectivity index (χ0) is 9.64. The molecule has 1 aliphatic rings. The Morgan fingerprint density at radius 3 is 3.07 bits per heavy atom. The van der Waals surface area contributed by atoms with Gasteiger partial charge in [0.25, 0.3) is 0 Å². The van der Waals surface area contributed by atoms with Gasteiger partial charge in [0.2, 0.25) is 0 Å². The lowest BCUT2D eigenvalue weighted by Crippen LogP contribution is -2.20. The molecule has 1 aromatic heterocycles. The summed E-state index contributed by atoms with van der Waals surface area (Å²) in [7, 11) is 0. The van der Waals surface area contributed by atoms with Crippen molar-refractivity contribution in [3.8, 4) is 0 Å². The molecule has 0 atom stereocenters. The SMILES string of the molecule is C1=C(CNCc2ccco2)COCC1. The Morgan fingerprint density at radius 2 is 2.36 bits per heavy atom. The number of hydrogen-bond acceptors (Lipinski definition) is 3. The summed E-state index contributed by atoms with van der Waals surface area (Å²) in [4.78, 5) is 0. The van der Waals surface area contributed by atoms with Crippen LogP contribution in [0.1, 0.15) is 12.2 Å². The molecule has 0 radical (unpaired) electrons. The minimum Gasteiger partial charge on any atom is -0.468 e. The van der Waals surface area contributed by atoms with Gasteiger partial charge in [-0.3, -0.25) is 0 Å². The quantitative estimate of drug-likeness (QED) is 0.739. The highest BCUT2D eigenvalue weighted by Crippen LogP contribution is 2.05. The molecule has 2 rings (SSSR count). The second kappa shape index (κ2) is 4.98. The number of rotatable bonds is 4. The van der Waals surface area contributed by atoms with Crippen molar-refractivity contribution in [2.75, 3.05) is 19.8 Å². The summed E-state index contributed by atoms with van der Waals surface area (Å²) in [6.07, 6.45) is 4.98. The molecule has 0 amide bonds. The number of furan rings is 1. The lowest BCUT2D eigenvalue weighted by Gasteiger charge is -2.13. The predicted molar refractivity (Wildman–Crippen MR) is 53.9 cm³/mol. The highest BCUT2D eigenvalue weighted by atomic mass is 16.5. The fraction of sp³-hybridized carbons (Fsp3) is 0.455. The lowest BCUT2D eigenvalue weighted by atomic mass is 10.2. The van der Waals surface area contributed by atoms with Gasteiger partial charge in [0.15, 0.2) is 0 Å². The number of ether oxygens (including phenoxy) is 1. The molecule has 0 spiro atoms. The average molecular weight is 193 g/mol. The van der Waals surface area contributed by atoms with Crippen LogP contribution >= 0.6 is 0 Å². The molecule has 0 aliphatic carbocycles. The van der Waals surface area contributed by atoms with Crippen LogP contribution in [0.4, 0.5) is 0 Å². The molecule has 76 valence electrons. The van der Waals surface area contributed by atoms with Gasteiger partial charge in [0.05, 0.1) is 26.0 Å². The van der Waals surface area contributed by atoms with E-state index < -0.39 is 0 Å². The van der Waals surface area contributed by atoms with Crippen LogP contribution in [-0.4, -0.2) is 19.8 Å². The van der Waals surface area contributed by atoms with Crippen molar-refractivity contribution in [3.63, 3.8) is 0 Å². The first-order valence-electron chi connectivity index (χ1n) is 4.94. The van der Waals surface area contributed by atoms with Crippen molar-refractivity contribution in [1.29, 1.82) is 0 Å². The molecule has 0 fully saturated rings. The zero-order valence-electron chi connectivity index (χ0n) is 8.16. The van der Waals surface area contributed by atoms with E-state index in [0.717, 1.165) is 38.5 Å². The molecule has 3 nitrogen and oxygen atoms in total. The van der Waals surface area contributed by atoms with Gasteiger partial charge in [-0.1, -0.05) is 6.08 Å². The van der Waals surface area contributed by atoms with Crippen molar-refractivity contribution in [1.82, 2.24) is 5.32 Å². The Hall–Kier alpha value is -1.06. The molecule has 3 heteroatoms. The smallest absolute Gasteiger partial charge is 0.117 e. The Kier molecular flexibility index (Phi) is 3.38. The molecule has 0 aromatic carbocycles. The standard InChI is InChI=1S/C11H15NO2/c1-3-10(9-13-5-1)7-12-8-11-4-2-6-14-11/h2-4,6,12H,1,5,7-9H2. The number of hydrogen-bond donors (Lipinski definition) is 1. The Balaban J connectivity index is 1.70. The molecule has 2 heterocycles. The normalized spacial score (nSPS) is 16.7. The van der Waals surface area contributed by atoms with Crippen LogP contribution < -0.4 is 5.32 Å². The second-order valence-electron chi connectivity index (χ2n) is 3.39. The number of nitrogens with one attached hydrogen (secondary N) is 1. The Morgan fingerprint density at radius 1 is 1.36 bits per heavy atom. The summed E-state index contributed by atoms with van der Waals surface area (Å²) >= 11 is 0. The molecule has 1 aliphatic heterocycles. The van der Waals surface area contributed by atoms with E-state index in [1.165, 1.54) is 5.57 Å². The van der Waals surface area contributed by atoms with Crippen LogP contribution in [0.2, 0.25) is 0 Å². The molecule has 0 saturated carbocycles. The van der Waals surface area contributed by atoms with Gasteiger partial charge in [-0.15, -0.1) is 0 Å². The predicted octanol–water partition coefficient (Wildman–Crippen LogP) is 1.72. The van der Waals surface area contributed by atoms with E-state index in [2.05, 4.69) is 11.4 Å². The highest BCUT2D eigenvalue weighted by molar-refractivity contribution is 5.07. The fourth-order valence-electron chi connectivity index (χ4n) is 1.49. The van der Waals surface area contributed by atoms with Gasteiger partial charge in [0.1, 0.15) is 5.76 Å². The Bertz CT molecular complexity index is 290. The highest BCUT2D eigenvalue weighted by Gasteiger charge is 2.03. The summed E-state index contributed by atoms with van der Waals surface area (Å²) in [5.41, 5.74) is 1.34. The van der Waals surface area contributed by atoms with Gasteiger partial charge in [-0.05, 0) is 24.1 Å². The van der Waals surface area contributed by atoms with Gasteiger partial charge in [0, 0.05) is 6.54 Å². The minimum absolute atomic E-state index is 0.769. The summed E-state index contributed by atoms with van der Waals surface area (Å²) in [6, 6.07) is 3.87. The second-order valence-corrected chi connectivity index (χ2v) is 3.39. The van der Waals surface area contributed by atoms with E-state index in [-0.39, 0.29) is 0 Å². The Labute approximate surface area is 83.7 Å². The summed E-state index contributed by atoms with van der Waals surface area (Å²) in [5.74, 6) is 0.974. The lowest BCUT2D eigenvalue weighted by molar-refractivity contribution is 0.148. The topological polar surface area (TPSA) is 34.4 Å². The third-order valence-corrected chi connectivity index (χ3v) is 2.21. The molecule has 0 bridgehead atoms. The zero-order valence-corrected chi connectivity index (χ0v) is 8.16. The van der Waals surface area contributed by atoms with E-state index in [1.54, 1.807) is 6.26 Å². The first kappa shape index (κ1) is 9.49. The molecule has 1 aromatic rings. The molecular weight excluding hydrogens is 178 g/mol. The van der Waals surface area contributed by atoms with E-state index in [0.29, 0.717) is 0 Å². The van der Waals surface area contributed by atoms with E-state index in [4.69, 9.17) is 9.15 Å². The average Bonchev–Trinajstić information content (AvgIpc) is 2.72. The summed E-state index contributed by atoms with van der Waals surface area (Å²) in [5, 5.41) is 3.32. The fourth-order valence-corrected chi connectivity index (χ4v) is 1.49. The molecule has 1 N–H and O–H groups in total. The van der Waals surface area contributed by atoms with Crippen LogP contribution in [0.3, 0.4) is 0 Å². The van der Waals surface area contributed by atoms with Gasteiger partial charge < -0.3 is 14.5 Å². The van der Waals surface area contributed by atoms with Crippen molar-refractivity contribution in [2.24, 2.45) is 0 Å². The maximum absolute atomic E-state index is 5.34. The molecule has 14 heavy (non-hydrogen) atoms. The van der Waals surface area contributed by atoms with Crippen LogP contribution in [0.5, 0.6) is 0 Å². The summed E-state index contributed by atoms with van der Waals surface area (Å²) in [6.45, 7) is 3.30. The first-order chi connectivity index (χ1) is 6.95. The van der Waals surface area contributed by atoms with Gasteiger partial charge in [-0.25, -0.2) is 0 Å². The first-order valence-corrected chi connectivity index (χ1v) is 4.94. The third kappa shape index (κ3) is 2.72. The van der Waals surface area contributed by atoms with E-state index in [9.17, 15) is 0 Å². The minimum atomic E-state index is 0.769. The van der Waals surface area contributed by atoms with Crippen LogP contribution in [0.15, 0.2) is 34.5 Å². The van der Waals surface area contributed by atoms with Gasteiger partial charge in [-0.2, -0.15) is 0 Å². The van der Waals surface area contributed by atoms with Crippen molar-refractivity contribution >= 4 is 0 Å². The van der Waals surface area contributed by atoms with E-state index >= 15 is 0 Å². The van der Waals surface area contributed by atoms with Crippen molar-refractivity contribution in [2.45, 2.75) is 13.0 Å². The molecular formula is C11H15NO2. The van der Waals surface area contributed by atoms with Gasteiger partial charge >= 0.3 is 0 Å². The van der Waals surface area contributed by atoms with Crippen molar-refractivity contribution in [3.05, 3.63) is 35.8 Å². The molecule has 0 unspecified atom stereocenters. The monoisotopic (exact) mass is 193 g/mol. The third-order valence-electron chi connectivity index (χ3n) is 2.21. The van der Waals surface area contributed by atoms with E-state index in [1.807, 2.05) is 12.1 Å². The maximum Gasteiger partial charge on any atom is 0.117 e. The molecule has 0 saturated heterocycles. The van der Waals surface area contributed by atoms with Crippen molar-refractivity contribution < 1.29 is 9.15 Å². The van der Waals surface area contributed by atoms with Crippen LogP contribution in [0.25, 0.3) is 0 Å². The van der Waals surface area contributed by atoms with Crippen LogP contribution in [0, 0.1) is 0 Å². The maximum atomic E-state index is 5.34. The summed E-state index contributed by atoms with van der Waals surface area (Å²) < 4.78 is 10.5. The van der Waals surface area contributed by atoms with Crippen LogP contribution in [-0.2, 0) is 11.3 Å².